The summed E-state index contributed by atoms with van der Waals surface area (Å²) in [6, 6.07) is 0. The van der Waals surface area contributed by atoms with E-state index in [0.717, 1.165) is 0 Å². The molecule has 0 bridgehead atoms. The summed E-state index contributed by atoms with van der Waals surface area (Å²) in [5.74, 6) is 0. The highest BCUT2D eigenvalue weighted by Crippen LogP contribution is 2.05. The van der Waals surface area contributed by atoms with E-state index in [-0.39, 0.29) is 7.43 Å². The molecular weight excluding hydrogens is 356 g/mol. The molecule has 1 heterocycles. The zero-order valence-corrected chi connectivity index (χ0v) is 19.9. The maximum atomic E-state index is 2.75. The van der Waals surface area contributed by atoms with Gasteiger partial charge in [0, 0.05) is 52.4 Å². The molecule has 0 unspecified atom stereocenters. The standard InChI is InChI=1S/C24H52N4.CH4/c1-5-9-13-25-17-19-26(14-10-6-2)21-23-28(16-12-8-4)24-22-27(20-18-25)15-11-7-3;/h5-24H2,1-4H3;1H4. The summed E-state index contributed by atoms with van der Waals surface area (Å²) in [6.07, 6.45) is 10.6. The number of rotatable bonds is 12. The largest absolute Gasteiger partial charge is 0.301 e. The number of hydrogen-bond acceptors (Lipinski definition) is 4. The average molecular weight is 413 g/mol. The van der Waals surface area contributed by atoms with Crippen LogP contribution < -0.4 is 0 Å². The van der Waals surface area contributed by atoms with Crippen LogP contribution in [-0.2, 0) is 0 Å². The molecule has 0 radical (unpaired) electrons. The Morgan fingerprint density at radius 1 is 0.379 bits per heavy atom. The highest BCUT2D eigenvalue weighted by Gasteiger charge is 2.16. The smallest absolute Gasteiger partial charge is 0.0110 e. The Labute approximate surface area is 185 Å². The highest BCUT2D eigenvalue weighted by atomic mass is 15.3. The molecule has 0 N–H and O–H groups in total. The molecule has 1 rings (SSSR count). The molecule has 0 amide bonds. The second-order valence-electron chi connectivity index (χ2n) is 8.78. The van der Waals surface area contributed by atoms with Gasteiger partial charge in [-0.1, -0.05) is 60.8 Å². The van der Waals surface area contributed by atoms with Gasteiger partial charge in [0.15, 0.2) is 0 Å². The quantitative estimate of drug-likeness (QED) is 0.445. The van der Waals surface area contributed by atoms with Crippen LogP contribution in [0.3, 0.4) is 0 Å². The molecule has 0 aromatic heterocycles. The predicted octanol–water partition coefficient (Wildman–Crippen LogP) is 5.04. The van der Waals surface area contributed by atoms with Gasteiger partial charge in [-0.3, -0.25) is 0 Å². The van der Waals surface area contributed by atoms with Crippen LogP contribution in [0.4, 0.5) is 0 Å². The average Bonchev–Trinajstić information content (AvgIpc) is 2.71. The Bertz CT molecular complexity index is 257. The molecule has 1 saturated heterocycles. The molecule has 176 valence electrons. The summed E-state index contributed by atoms with van der Waals surface area (Å²) in [7, 11) is 0. The third-order valence-electron chi connectivity index (χ3n) is 6.24. The van der Waals surface area contributed by atoms with E-state index in [1.165, 1.54) is 130 Å². The van der Waals surface area contributed by atoms with Crippen molar-refractivity contribution >= 4 is 0 Å². The van der Waals surface area contributed by atoms with Gasteiger partial charge in [0.05, 0.1) is 0 Å². The monoisotopic (exact) mass is 412 g/mol. The van der Waals surface area contributed by atoms with E-state index in [4.69, 9.17) is 0 Å². The molecule has 0 spiro atoms. The number of hydrogen-bond donors (Lipinski definition) is 0. The van der Waals surface area contributed by atoms with E-state index in [1.807, 2.05) is 0 Å². The van der Waals surface area contributed by atoms with E-state index in [2.05, 4.69) is 47.3 Å². The highest BCUT2D eigenvalue weighted by molar-refractivity contribution is 4.72. The second kappa shape index (κ2) is 19.8. The Balaban J connectivity index is 0.00000784. The lowest BCUT2D eigenvalue weighted by Gasteiger charge is -2.34. The normalized spacial score (nSPS) is 19.4. The van der Waals surface area contributed by atoms with Crippen molar-refractivity contribution in [2.24, 2.45) is 0 Å². The third-order valence-corrected chi connectivity index (χ3v) is 6.24. The first-order valence-electron chi connectivity index (χ1n) is 12.6. The lowest BCUT2D eigenvalue weighted by atomic mass is 10.2. The molecular formula is C25H56N4. The minimum atomic E-state index is 0. The van der Waals surface area contributed by atoms with Gasteiger partial charge in [-0.2, -0.15) is 0 Å². The van der Waals surface area contributed by atoms with Crippen LogP contribution in [0.5, 0.6) is 0 Å². The van der Waals surface area contributed by atoms with Gasteiger partial charge >= 0.3 is 0 Å². The van der Waals surface area contributed by atoms with E-state index in [9.17, 15) is 0 Å². The molecule has 0 aromatic carbocycles. The molecule has 0 aliphatic carbocycles. The molecule has 0 atom stereocenters. The van der Waals surface area contributed by atoms with E-state index >= 15 is 0 Å². The molecule has 1 aliphatic rings. The zero-order chi connectivity index (χ0) is 20.5. The maximum absolute atomic E-state index is 2.75. The van der Waals surface area contributed by atoms with Crippen LogP contribution in [0.25, 0.3) is 0 Å². The molecule has 1 fully saturated rings. The van der Waals surface area contributed by atoms with Crippen LogP contribution in [0.2, 0.25) is 0 Å². The van der Waals surface area contributed by atoms with Crippen molar-refractivity contribution in [2.45, 2.75) is 86.5 Å². The van der Waals surface area contributed by atoms with Crippen molar-refractivity contribution in [3.05, 3.63) is 0 Å². The van der Waals surface area contributed by atoms with Crippen molar-refractivity contribution in [2.75, 3.05) is 78.5 Å². The SMILES string of the molecule is C.CCCCN1CCN(CCCC)CCN(CCCC)CCN(CCCC)CC1. The van der Waals surface area contributed by atoms with E-state index < -0.39 is 0 Å². The Morgan fingerprint density at radius 3 is 0.690 bits per heavy atom. The fourth-order valence-electron chi connectivity index (χ4n) is 4.00. The lowest BCUT2D eigenvalue weighted by molar-refractivity contribution is 0.130. The third kappa shape index (κ3) is 14.5. The zero-order valence-electron chi connectivity index (χ0n) is 19.9. The van der Waals surface area contributed by atoms with Crippen LogP contribution in [-0.4, -0.2) is 98.1 Å². The first-order chi connectivity index (χ1) is 13.7. The summed E-state index contributed by atoms with van der Waals surface area (Å²) >= 11 is 0. The second-order valence-corrected chi connectivity index (χ2v) is 8.78. The van der Waals surface area contributed by atoms with Gasteiger partial charge in [0.1, 0.15) is 0 Å². The van der Waals surface area contributed by atoms with Gasteiger partial charge in [-0.05, 0) is 51.9 Å². The van der Waals surface area contributed by atoms with Gasteiger partial charge in [0.2, 0.25) is 0 Å². The topological polar surface area (TPSA) is 13.0 Å². The maximum Gasteiger partial charge on any atom is 0.0110 e. The summed E-state index contributed by atoms with van der Waals surface area (Å²) in [5, 5.41) is 0. The van der Waals surface area contributed by atoms with Crippen LogP contribution in [0, 0.1) is 0 Å². The van der Waals surface area contributed by atoms with Gasteiger partial charge in [-0.25, -0.2) is 0 Å². The number of nitrogens with zero attached hydrogens (tertiary/aromatic N) is 4. The van der Waals surface area contributed by atoms with Crippen molar-refractivity contribution in [1.29, 1.82) is 0 Å². The Hall–Kier alpha value is -0.160. The minimum Gasteiger partial charge on any atom is -0.301 e. The summed E-state index contributed by atoms with van der Waals surface area (Å²) in [4.78, 5) is 11.0. The molecule has 0 aromatic rings. The van der Waals surface area contributed by atoms with Gasteiger partial charge in [-0.15, -0.1) is 0 Å². The summed E-state index contributed by atoms with van der Waals surface area (Å²) in [6.45, 7) is 24.4. The Morgan fingerprint density at radius 2 is 0.552 bits per heavy atom. The molecule has 4 heteroatoms. The van der Waals surface area contributed by atoms with E-state index in [1.54, 1.807) is 0 Å². The lowest BCUT2D eigenvalue weighted by Crippen LogP contribution is -2.46. The van der Waals surface area contributed by atoms with Crippen molar-refractivity contribution in [3.8, 4) is 0 Å². The van der Waals surface area contributed by atoms with Crippen molar-refractivity contribution < 1.29 is 0 Å². The predicted molar refractivity (Wildman–Crippen MR) is 132 cm³/mol. The first-order valence-corrected chi connectivity index (χ1v) is 12.6. The summed E-state index contributed by atoms with van der Waals surface area (Å²) < 4.78 is 0. The van der Waals surface area contributed by atoms with Crippen molar-refractivity contribution in [3.63, 3.8) is 0 Å². The van der Waals surface area contributed by atoms with E-state index in [0.29, 0.717) is 0 Å². The fourth-order valence-corrected chi connectivity index (χ4v) is 4.00. The molecule has 4 nitrogen and oxygen atoms in total. The van der Waals surface area contributed by atoms with Crippen LogP contribution >= 0.6 is 0 Å². The van der Waals surface area contributed by atoms with Gasteiger partial charge in [0.25, 0.3) is 0 Å². The Kier molecular flexibility index (Phi) is 19.7. The first kappa shape index (κ1) is 28.8. The van der Waals surface area contributed by atoms with Gasteiger partial charge < -0.3 is 19.6 Å². The van der Waals surface area contributed by atoms with Crippen LogP contribution in [0.15, 0.2) is 0 Å². The van der Waals surface area contributed by atoms with Crippen molar-refractivity contribution in [1.82, 2.24) is 19.6 Å². The summed E-state index contributed by atoms with van der Waals surface area (Å²) in [5.41, 5.74) is 0. The van der Waals surface area contributed by atoms with Crippen LogP contribution in [0.1, 0.15) is 86.5 Å². The fraction of sp³-hybridized carbons (Fsp3) is 1.00. The minimum absolute atomic E-state index is 0. The molecule has 29 heavy (non-hydrogen) atoms. The molecule has 0 saturated carbocycles. The number of unbranched alkanes of at least 4 members (excludes halogenated alkanes) is 4. The molecule has 1 aliphatic heterocycles.